The van der Waals surface area contributed by atoms with Crippen LogP contribution in [0.1, 0.15) is 12.2 Å². The number of aromatic nitrogens is 4. The van der Waals surface area contributed by atoms with Gasteiger partial charge in [0.25, 0.3) is 0 Å². The summed E-state index contributed by atoms with van der Waals surface area (Å²) in [7, 11) is 0. The zero-order chi connectivity index (χ0) is 13.8. The molecule has 0 aliphatic carbocycles. The first kappa shape index (κ1) is 16.0. The van der Waals surface area contributed by atoms with Crippen LogP contribution in [-0.2, 0) is 4.79 Å². The van der Waals surface area contributed by atoms with Crippen LogP contribution in [0.15, 0.2) is 18.2 Å². The van der Waals surface area contributed by atoms with Crippen molar-refractivity contribution in [3.05, 3.63) is 29.8 Å². The second-order valence-electron chi connectivity index (χ2n) is 3.89. The normalized spacial score (nSPS) is 9.95. The molecular weight excluding hydrogens is 287 g/mol. The molecule has 0 radical (unpaired) electrons. The highest BCUT2D eigenvalue weighted by atomic mass is 35.5. The Bertz CT molecular complexity index is 602. The van der Waals surface area contributed by atoms with Crippen LogP contribution in [0.25, 0.3) is 5.69 Å². The van der Waals surface area contributed by atoms with Crippen molar-refractivity contribution in [1.29, 1.82) is 0 Å². The molecule has 0 atom stereocenters. The molecule has 0 aliphatic heterocycles. The van der Waals surface area contributed by atoms with Crippen molar-refractivity contribution in [1.82, 2.24) is 20.2 Å². The molecule has 1 amide bonds. The summed E-state index contributed by atoms with van der Waals surface area (Å²) in [6.07, 6.45) is 0.205. The van der Waals surface area contributed by atoms with E-state index in [9.17, 15) is 9.18 Å². The molecule has 3 N–H and O–H groups in total. The third-order valence-electron chi connectivity index (χ3n) is 2.45. The number of aryl methyl sites for hydroxylation is 1. The van der Waals surface area contributed by atoms with Crippen molar-refractivity contribution in [2.45, 2.75) is 13.3 Å². The second-order valence-corrected chi connectivity index (χ2v) is 3.89. The molecule has 1 heterocycles. The summed E-state index contributed by atoms with van der Waals surface area (Å²) in [6.45, 7) is 1.91. The summed E-state index contributed by atoms with van der Waals surface area (Å²) in [5.41, 5.74) is 5.92. The number of nitrogens with two attached hydrogens (primary N) is 1. The maximum absolute atomic E-state index is 13.7. The van der Waals surface area contributed by atoms with Gasteiger partial charge in [-0.25, -0.2) is 4.39 Å². The highest BCUT2D eigenvalue weighted by Gasteiger charge is 2.11. The summed E-state index contributed by atoms with van der Waals surface area (Å²) < 4.78 is 15.0. The van der Waals surface area contributed by atoms with Crippen molar-refractivity contribution in [2.75, 3.05) is 11.9 Å². The lowest BCUT2D eigenvalue weighted by Crippen LogP contribution is -2.16. The van der Waals surface area contributed by atoms with Crippen molar-refractivity contribution in [3.8, 4) is 5.69 Å². The molecule has 0 saturated heterocycles. The van der Waals surface area contributed by atoms with Gasteiger partial charge in [0, 0.05) is 18.7 Å². The van der Waals surface area contributed by atoms with E-state index < -0.39 is 5.82 Å². The van der Waals surface area contributed by atoms with Crippen LogP contribution in [0.2, 0.25) is 0 Å². The maximum atomic E-state index is 13.7. The van der Waals surface area contributed by atoms with E-state index in [-0.39, 0.29) is 37.0 Å². The molecule has 0 spiro atoms. The first-order valence-electron chi connectivity index (χ1n) is 5.66. The largest absolute Gasteiger partial charge is 0.330 e. The minimum absolute atomic E-state index is 0. The van der Waals surface area contributed by atoms with Gasteiger partial charge in [-0.05, 0) is 35.5 Å². The Morgan fingerprint density at radius 2 is 2.25 bits per heavy atom. The lowest BCUT2D eigenvalue weighted by atomic mass is 10.2. The third kappa shape index (κ3) is 3.49. The van der Waals surface area contributed by atoms with Crippen LogP contribution < -0.4 is 11.1 Å². The molecule has 0 unspecified atom stereocenters. The Balaban J connectivity index is 0.00000200. The number of carbonyl (C=O) groups is 1. The number of hydrogen-bond acceptors (Lipinski definition) is 5. The molecule has 0 aliphatic rings. The summed E-state index contributed by atoms with van der Waals surface area (Å²) in [4.78, 5) is 11.4. The Morgan fingerprint density at radius 1 is 1.50 bits per heavy atom. The molecule has 0 fully saturated rings. The minimum Gasteiger partial charge on any atom is -0.330 e. The SMILES string of the molecule is Cc1nnnn1-c1cc(NC(=O)CCN)ccc1F.Cl. The Hall–Kier alpha value is -2.06. The minimum atomic E-state index is -0.479. The number of carbonyl (C=O) groups excluding carboxylic acids is 1. The van der Waals surface area contributed by atoms with E-state index in [1.165, 1.54) is 22.9 Å². The quantitative estimate of drug-likeness (QED) is 0.871. The van der Waals surface area contributed by atoms with E-state index in [4.69, 9.17) is 5.73 Å². The van der Waals surface area contributed by atoms with Gasteiger partial charge in [-0.3, -0.25) is 4.79 Å². The van der Waals surface area contributed by atoms with E-state index in [0.717, 1.165) is 0 Å². The molecule has 0 saturated carbocycles. The van der Waals surface area contributed by atoms with Crippen molar-refractivity contribution < 1.29 is 9.18 Å². The first-order chi connectivity index (χ1) is 9.11. The number of halogens is 2. The number of benzene rings is 1. The fraction of sp³-hybridized carbons (Fsp3) is 0.273. The molecule has 2 aromatic rings. The van der Waals surface area contributed by atoms with Gasteiger partial charge in [-0.1, -0.05) is 0 Å². The summed E-state index contributed by atoms with van der Waals surface area (Å²) in [5.74, 6) is -0.259. The number of rotatable bonds is 4. The third-order valence-corrected chi connectivity index (χ3v) is 2.45. The van der Waals surface area contributed by atoms with Crippen LogP contribution in [-0.4, -0.2) is 32.7 Å². The average Bonchev–Trinajstić information content (AvgIpc) is 2.78. The number of hydrogen-bond donors (Lipinski definition) is 2. The molecular formula is C11H14ClFN6O. The molecule has 20 heavy (non-hydrogen) atoms. The molecule has 2 rings (SSSR count). The molecule has 1 aromatic carbocycles. The lowest BCUT2D eigenvalue weighted by molar-refractivity contribution is -0.116. The Labute approximate surface area is 120 Å². The monoisotopic (exact) mass is 300 g/mol. The molecule has 1 aromatic heterocycles. The van der Waals surface area contributed by atoms with Gasteiger partial charge < -0.3 is 11.1 Å². The van der Waals surface area contributed by atoms with Gasteiger partial charge in [0.15, 0.2) is 5.82 Å². The fourth-order valence-electron chi connectivity index (χ4n) is 1.56. The predicted octanol–water partition coefficient (Wildman–Crippen LogP) is 0.819. The van der Waals surface area contributed by atoms with Gasteiger partial charge in [-0.15, -0.1) is 17.5 Å². The van der Waals surface area contributed by atoms with Gasteiger partial charge >= 0.3 is 0 Å². The van der Waals surface area contributed by atoms with Crippen LogP contribution in [0.5, 0.6) is 0 Å². The van der Waals surface area contributed by atoms with Gasteiger partial charge in [0.05, 0.1) is 0 Å². The smallest absolute Gasteiger partial charge is 0.225 e. The van der Waals surface area contributed by atoms with E-state index in [1.54, 1.807) is 6.92 Å². The van der Waals surface area contributed by atoms with E-state index in [1.807, 2.05) is 0 Å². The second kappa shape index (κ2) is 6.92. The highest BCUT2D eigenvalue weighted by molar-refractivity contribution is 5.91. The fourth-order valence-corrected chi connectivity index (χ4v) is 1.56. The molecule has 108 valence electrons. The van der Waals surface area contributed by atoms with Crippen LogP contribution in [0.4, 0.5) is 10.1 Å². The van der Waals surface area contributed by atoms with Gasteiger partial charge in [0.2, 0.25) is 5.91 Å². The van der Waals surface area contributed by atoms with Crippen LogP contribution in [0.3, 0.4) is 0 Å². The molecule has 7 nitrogen and oxygen atoms in total. The Kier molecular flexibility index (Phi) is 5.53. The lowest BCUT2D eigenvalue weighted by Gasteiger charge is -2.08. The van der Waals surface area contributed by atoms with Crippen LogP contribution >= 0.6 is 12.4 Å². The number of amides is 1. The summed E-state index contributed by atoms with van der Waals surface area (Å²) >= 11 is 0. The van der Waals surface area contributed by atoms with Crippen molar-refractivity contribution in [3.63, 3.8) is 0 Å². The zero-order valence-corrected chi connectivity index (χ0v) is 11.5. The number of tetrazole rings is 1. The number of nitrogens with zero attached hydrogens (tertiary/aromatic N) is 4. The summed E-state index contributed by atoms with van der Waals surface area (Å²) in [5, 5.41) is 13.4. The number of nitrogens with one attached hydrogen (secondary N) is 1. The van der Waals surface area contributed by atoms with Crippen molar-refractivity contribution in [2.24, 2.45) is 5.73 Å². The van der Waals surface area contributed by atoms with Gasteiger partial charge in [0.1, 0.15) is 11.5 Å². The molecule has 9 heteroatoms. The van der Waals surface area contributed by atoms with Crippen LogP contribution in [0, 0.1) is 12.7 Å². The Morgan fingerprint density at radius 3 is 2.85 bits per heavy atom. The highest BCUT2D eigenvalue weighted by Crippen LogP contribution is 2.18. The average molecular weight is 301 g/mol. The zero-order valence-electron chi connectivity index (χ0n) is 10.7. The van der Waals surface area contributed by atoms with E-state index in [2.05, 4.69) is 20.8 Å². The topological polar surface area (TPSA) is 98.7 Å². The van der Waals surface area contributed by atoms with E-state index in [0.29, 0.717) is 11.5 Å². The van der Waals surface area contributed by atoms with E-state index >= 15 is 0 Å². The van der Waals surface area contributed by atoms with Crippen molar-refractivity contribution >= 4 is 24.0 Å². The summed E-state index contributed by atoms with van der Waals surface area (Å²) in [6, 6.07) is 4.18. The first-order valence-corrected chi connectivity index (χ1v) is 5.66. The standard InChI is InChI=1S/C11H13FN6O.ClH/c1-7-15-16-17-18(7)10-6-8(2-3-9(10)12)14-11(19)4-5-13;/h2-3,6H,4-5,13H2,1H3,(H,14,19);1H. The maximum Gasteiger partial charge on any atom is 0.225 e. The number of anilines is 1. The molecule has 0 bridgehead atoms. The van der Waals surface area contributed by atoms with Gasteiger partial charge in [-0.2, -0.15) is 4.68 Å². The predicted molar refractivity (Wildman–Crippen MR) is 73.4 cm³/mol.